The molecule has 4 atom stereocenters. The quantitative estimate of drug-likeness (QED) is 0.176. The molecule has 0 saturated carbocycles. The van der Waals surface area contributed by atoms with E-state index in [1.807, 2.05) is 0 Å². The summed E-state index contributed by atoms with van der Waals surface area (Å²) >= 11 is 0. The van der Waals surface area contributed by atoms with Gasteiger partial charge in [-0.25, -0.2) is 0 Å². The van der Waals surface area contributed by atoms with Gasteiger partial charge in [0.15, 0.2) is 0 Å². The molecule has 5 aromatic carbocycles. The highest BCUT2D eigenvalue weighted by Gasteiger charge is 2.41. The number of hydrogen-bond acceptors (Lipinski definition) is 2. The number of nitrogens with zero attached hydrogens (tertiary/aromatic N) is 1. The Labute approximate surface area is 295 Å². The van der Waals surface area contributed by atoms with Crippen LogP contribution in [-0.4, -0.2) is 12.1 Å². The summed E-state index contributed by atoms with van der Waals surface area (Å²) in [5.74, 6) is 1.68. The first-order chi connectivity index (χ1) is 24.8. The fourth-order valence-electron chi connectivity index (χ4n) is 8.91. The van der Waals surface area contributed by atoms with Crippen LogP contribution in [0.3, 0.4) is 0 Å². The monoisotopic (exact) mass is 645 g/mol. The number of benzene rings is 5. The summed E-state index contributed by atoms with van der Waals surface area (Å²) in [6.45, 7) is 0. The number of anilines is 1. The van der Waals surface area contributed by atoms with Crippen molar-refractivity contribution in [3.63, 3.8) is 0 Å². The van der Waals surface area contributed by atoms with Crippen molar-refractivity contribution in [1.82, 2.24) is 0 Å². The summed E-state index contributed by atoms with van der Waals surface area (Å²) in [5, 5.41) is 0. The first-order valence-corrected chi connectivity index (χ1v) is 18.2. The summed E-state index contributed by atoms with van der Waals surface area (Å²) in [5.41, 5.74) is 15.6. The van der Waals surface area contributed by atoms with Gasteiger partial charge in [0.25, 0.3) is 0 Å². The molecule has 0 N–H and O–H groups in total. The normalized spacial score (nSPS) is 22.6. The molecule has 0 bridgehead atoms. The van der Waals surface area contributed by atoms with E-state index in [9.17, 15) is 0 Å². The third-order valence-corrected chi connectivity index (χ3v) is 11.3. The molecule has 2 heterocycles. The second-order valence-corrected chi connectivity index (χ2v) is 14.2. The van der Waals surface area contributed by atoms with E-state index in [-0.39, 0.29) is 12.0 Å². The van der Waals surface area contributed by atoms with Crippen LogP contribution in [0.5, 0.6) is 5.75 Å². The maximum absolute atomic E-state index is 6.59. The minimum atomic E-state index is 0.0000690. The molecule has 0 radical (unpaired) electrons. The molecular weight excluding hydrogens is 607 g/mol. The van der Waals surface area contributed by atoms with E-state index in [2.05, 4.69) is 169 Å². The molecule has 4 unspecified atom stereocenters. The maximum Gasteiger partial charge on any atom is 0.128 e. The first kappa shape index (κ1) is 29.3. The van der Waals surface area contributed by atoms with Gasteiger partial charge in [0.1, 0.15) is 11.9 Å². The number of ether oxygens (including phenoxy) is 1. The minimum Gasteiger partial charge on any atom is -0.485 e. The summed E-state index contributed by atoms with van der Waals surface area (Å²) in [4.78, 5) is 2.67. The van der Waals surface area contributed by atoms with Crippen LogP contribution in [0.4, 0.5) is 5.69 Å². The van der Waals surface area contributed by atoms with Gasteiger partial charge in [-0.1, -0.05) is 121 Å². The zero-order valence-electron chi connectivity index (χ0n) is 28.1. The third kappa shape index (κ3) is 4.93. The molecule has 3 aliphatic carbocycles. The smallest absolute Gasteiger partial charge is 0.128 e. The zero-order chi connectivity index (χ0) is 33.0. The molecular formula is C48H39NO. The molecule has 2 aliphatic heterocycles. The van der Waals surface area contributed by atoms with Gasteiger partial charge in [-0.05, 0) is 113 Å². The van der Waals surface area contributed by atoms with Crippen molar-refractivity contribution < 1.29 is 4.74 Å². The van der Waals surface area contributed by atoms with Crippen molar-refractivity contribution in [3.05, 3.63) is 186 Å². The van der Waals surface area contributed by atoms with Crippen molar-refractivity contribution in [2.45, 2.75) is 49.7 Å². The van der Waals surface area contributed by atoms with Gasteiger partial charge in [0.2, 0.25) is 0 Å². The second kappa shape index (κ2) is 12.1. The van der Waals surface area contributed by atoms with Gasteiger partial charge in [-0.3, -0.25) is 0 Å². The van der Waals surface area contributed by atoms with Gasteiger partial charge in [-0.15, -0.1) is 0 Å². The predicted octanol–water partition coefficient (Wildman–Crippen LogP) is 12.0. The van der Waals surface area contributed by atoms with Gasteiger partial charge in [-0.2, -0.15) is 0 Å². The standard InChI is InChI=1S/C48H39NO/c1-4-13-32(14-5-1)36-27-37(33-15-6-2-7-16-33)29-38(28-36)34-23-25-46-43(30-34)44-31-35(24-26-47(44)50-46)40-20-12-21-42-41-19-10-11-22-45(41)49(48(40)42)39-17-8-3-9-18-39/h1-8,11-17,20-31,41,43,45-46H,9-10,18-19H2. The van der Waals surface area contributed by atoms with Crippen molar-refractivity contribution >= 4 is 11.3 Å². The average Bonchev–Trinajstić information content (AvgIpc) is 3.74. The molecule has 5 aromatic rings. The molecule has 2 nitrogen and oxygen atoms in total. The summed E-state index contributed by atoms with van der Waals surface area (Å²) in [7, 11) is 0. The van der Waals surface area contributed by atoms with Crippen LogP contribution in [0.2, 0.25) is 0 Å². The molecule has 0 fully saturated rings. The largest absolute Gasteiger partial charge is 0.485 e. The molecule has 0 saturated heterocycles. The second-order valence-electron chi connectivity index (χ2n) is 14.2. The fourth-order valence-corrected chi connectivity index (χ4v) is 8.91. The lowest BCUT2D eigenvalue weighted by Crippen LogP contribution is -2.33. The van der Waals surface area contributed by atoms with E-state index in [0.29, 0.717) is 12.0 Å². The Morgan fingerprint density at radius 2 is 1.40 bits per heavy atom. The van der Waals surface area contributed by atoms with Crippen LogP contribution in [0.25, 0.3) is 39.0 Å². The van der Waals surface area contributed by atoms with Crippen molar-refractivity contribution in [2.24, 2.45) is 0 Å². The average molecular weight is 646 g/mol. The van der Waals surface area contributed by atoms with Crippen LogP contribution in [0, 0.1) is 0 Å². The minimum absolute atomic E-state index is 0.0000690. The van der Waals surface area contributed by atoms with Crippen LogP contribution in [0.1, 0.15) is 54.2 Å². The van der Waals surface area contributed by atoms with E-state index in [1.54, 1.807) is 0 Å². The maximum atomic E-state index is 6.59. The molecule has 242 valence electrons. The van der Waals surface area contributed by atoms with Crippen molar-refractivity contribution in [1.29, 1.82) is 0 Å². The van der Waals surface area contributed by atoms with E-state index >= 15 is 0 Å². The highest BCUT2D eigenvalue weighted by molar-refractivity contribution is 5.88. The van der Waals surface area contributed by atoms with Crippen LogP contribution < -0.4 is 9.64 Å². The molecule has 0 spiro atoms. The van der Waals surface area contributed by atoms with Gasteiger partial charge >= 0.3 is 0 Å². The first-order valence-electron chi connectivity index (χ1n) is 18.2. The number of allylic oxidation sites excluding steroid dienone is 7. The molecule has 50 heavy (non-hydrogen) atoms. The zero-order valence-corrected chi connectivity index (χ0v) is 28.1. The summed E-state index contributed by atoms with van der Waals surface area (Å²) < 4.78 is 6.59. The topological polar surface area (TPSA) is 12.5 Å². The molecule has 10 rings (SSSR count). The fraction of sp³-hybridized carbons (Fsp3) is 0.167. The van der Waals surface area contributed by atoms with Gasteiger partial charge in [0.05, 0.1) is 11.7 Å². The highest BCUT2D eigenvalue weighted by Crippen LogP contribution is 2.53. The van der Waals surface area contributed by atoms with E-state index in [1.165, 1.54) is 73.4 Å². The number of fused-ring (bicyclic) bond motifs is 6. The summed E-state index contributed by atoms with van der Waals surface area (Å²) in [6.07, 6.45) is 23.2. The SMILES string of the molecule is C1=CCCC(N2c3c(-c4ccc5c(c4)C4C=C(c6cc(-c7ccccc7)cc(-c7ccccc7)c6)C=CC4O5)cccc3C3CCC=CC32)=C1. The number of rotatable bonds is 5. The third-order valence-electron chi connectivity index (χ3n) is 11.3. The molecule has 0 aromatic heterocycles. The Hall–Kier alpha value is -5.60. The van der Waals surface area contributed by atoms with E-state index in [0.717, 1.165) is 25.0 Å². The summed E-state index contributed by atoms with van der Waals surface area (Å²) in [6, 6.07) is 42.7. The molecule has 5 aliphatic rings. The van der Waals surface area contributed by atoms with Gasteiger partial charge < -0.3 is 9.64 Å². The van der Waals surface area contributed by atoms with Crippen LogP contribution in [-0.2, 0) is 0 Å². The Bertz CT molecular complexity index is 2210. The van der Waals surface area contributed by atoms with Crippen molar-refractivity contribution in [2.75, 3.05) is 4.90 Å². The Morgan fingerprint density at radius 3 is 2.16 bits per heavy atom. The lowest BCUT2D eigenvalue weighted by atomic mass is 9.84. The number of para-hydroxylation sites is 1. The Kier molecular flexibility index (Phi) is 7.08. The Balaban J connectivity index is 1.06. The highest BCUT2D eigenvalue weighted by atomic mass is 16.5. The predicted molar refractivity (Wildman–Crippen MR) is 207 cm³/mol. The van der Waals surface area contributed by atoms with Crippen LogP contribution >= 0.6 is 0 Å². The Morgan fingerprint density at radius 1 is 0.620 bits per heavy atom. The van der Waals surface area contributed by atoms with Crippen molar-refractivity contribution in [3.8, 4) is 39.1 Å². The van der Waals surface area contributed by atoms with Gasteiger partial charge in [0, 0.05) is 28.7 Å². The van der Waals surface area contributed by atoms with E-state index < -0.39 is 0 Å². The lowest BCUT2D eigenvalue weighted by molar-refractivity contribution is 0.269. The number of hydrogen-bond donors (Lipinski definition) is 0. The van der Waals surface area contributed by atoms with Crippen LogP contribution in [0.15, 0.2) is 170 Å². The lowest BCUT2D eigenvalue weighted by Gasteiger charge is -2.33. The molecule has 2 heteroatoms. The van der Waals surface area contributed by atoms with E-state index in [4.69, 9.17) is 4.74 Å². The molecule has 0 amide bonds.